The minimum atomic E-state index is -1.29. The summed E-state index contributed by atoms with van der Waals surface area (Å²) in [5.74, 6) is -1.81. The number of hydrogen-bond acceptors (Lipinski definition) is 7. The Kier molecular flexibility index (Phi) is 7.25. The van der Waals surface area contributed by atoms with Gasteiger partial charge in [-0.15, -0.1) is 11.3 Å². The number of imidazole rings is 1. The van der Waals surface area contributed by atoms with Gasteiger partial charge in [0, 0.05) is 28.8 Å². The molecule has 0 aromatic carbocycles. The summed E-state index contributed by atoms with van der Waals surface area (Å²) in [6.45, 7) is 5.69. The minimum Gasteiger partial charge on any atom is -0.476 e. The summed E-state index contributed by atoms with van der Waals surface area (Å²) in [4.78, 5) is 56.1. The number of carboxylic acid groups (broad SMARTS) is 1. The topological polar surface area (TPSA) is 140 Å². The average Bonchev–Trinajstić information content (AvgIpc) is 3.73. The summed E-state index contributed by atoms with van der Waals surface area (Å²) in [5.41, 5.74) is 0.197. The zero-order valence-corrected chi connectivity index (χ0v) is 23.0. The predicted octanol–water partition coefficient (Wildman–Crippen LogP) is 4.33. The molecule has 3 atom stereocenters. The molecule has 2 saturated carbocycles. The monoisotopic (exact) mass is 560 g/mol. The number of aromatic nitrogens is 2. The van der Waals surface area contributed by atoms with Crippen LogP contribution in [0.3, 0.4) is 0 Å². The fourth-order valence-electron chi connectivity index (χ4n) is 5.00. The minimum absolute atomic E-state index is 0.0123. The Labute approximate surface area is 229 Å². The summed E-state index contributed by atoms with van der Waals surface area (Å²) in [5, 5.41) is 15.2. The molecule has 0 radical (unpaired) electrons. The van der Waals surface area contributed by atoms with Gasteiger partial charge >= 0.3 is 12.1 Å². The maximum Gasteiger partial charge on any atom is 0.413 e. The molecule has 2 aromatic heterocycles. The third-order valence-electron chi connectivity index (χ3n) is 7.25. The zero-order chi connectivity index (χ0) is 28.1. The van der Waals surface area contributed by atoms with Crippen LogP contribution in [0.5, 0.6) is 0 Å². The number of carbonyl (C=O) groups excluding carboxylic acids is 3. The van der Waals surface area contributed by atoms with Crippen molar-refractivity contribution in [3.63, 3.8) is 0 Å². The van der Waals surface area contributed by atoms with Crippen LogP contribution in [0.15, 0.2) is 6.33 Å². The van der Waals surface area contributed by atoms with Crippen molar-refractivity contribution in [3.05, 3.63) is 32.9 Å². The van der Waals surface area contributed by atoms with Gasteiger partial charge in [0.05, 0.1) is 17.8 Å². The van der Waals surface area contributed by atoms with E-state index in [1.807, 2.05) is 0 Å². The van der Waals surface area contributed by atoms with Crippen molar-refractivity contribution < 1.29 is 33.4 Å². The van der Waals surface area contributed by atoms with E-state index in [4.69, 9.17) is 4.74 Å². The lowest BCUT2D eigenvalue weighted by molar-refractivity contribution is -0.119. The highest BCUT2D eigenvalue weighted by atomic mass is 32.1. The van der Waals surface area contributed by atoms with Crippen LogP contribution >= 0.6 is 11.3 Å². The Bertz CT molecular complexity index is 1320. The Balaban J connectivity index is 1.44. The van der Waals surface area contributed by atoms with Gasteiger partial charge in [0.2, 0.25) is 0 Å². The number of aromatic carboxylic acids is 1. The number of hydrogen-bond donors (Lipinski definition) is 3. The molecule has 0 unspecified atom stereocenters. The molecule has 2 aromatic rings. The molecule has 2 heterocycles. The average molecular weight is 561 g/mol. The second-order valence-electron chi connectivity index (χ2n) is 11.6. The van der Waals surface area contributed by atoms with Gasteiger partial charge in [-0.2, -0.15) is 0 Å². The molecule has 10 nitrogen and oxygen atoms in total. The number of ketones is 1. The van der Waals surface area contributed by atoms with E-state index in [2.05, 4.69) is 15.6 Å². The Hall–Kier alpha value is -3.28. The molecule has 3 aliphatic carbocycles. The summed E-state index contributed by atoms with van der Waals surface area (Å²) >= 11 is 1.43. The lowest BCUT2D eigenvalue weighted by atomic mass is 9.89. The van der Waals surface area contributed by atoms with Crippen LogP contribution < -0.4 is 10.6 Å². The molecule has 3 aliphatic rings. The molecule has 0 spiro atoms. The third-order valence-corrected chi connectivity index (χ3v) is 8.55. The molecule has 0 bridgehead atoms. The maximum absolute atomic E-state index is 13.6. The molecule has 2 fully saturated rings. The van der Waals surface area contributed by atoms with Crippen LogP contribution in [0.1, 0.15) is 88.7 Å². The van der Waals surface area contributed by atoms with Gasteiger partial charge < -0.3 is 19.7 Å². The highest BCUT2D eigenvalue weighted by molar-refractivity contribution is 7.12. The molecular weight excluding hydrogens is 527 g/mol. The first-order valence-corrected chi connectivity index (χ1v) is 14.1. The molecule has 3 N–H and O–H groups in total. The number of halogens is 1. The van der Waals surface area contributed by atoms with E-state index >= 15 is 0 Å². The van der Waals surface area contributed by atoms with Gasteiger partial charge in [-0.25, -0.2) is 19.0 Å². The van der Waals surface area contributed by atoms with Gasteiger partial charge in [-0.1, -0.05) is 0 Å². The summed E-state index contributed by atoms with van der Waals surface area (Å²) < 4.78 is 20.5. The van der Waals surface area contributed by atoms with Crippen LogP contribution in [0.25, 0.3) is 0 Å². The van der Waals surface area contributed by atoms with Crippen LogP contribution in [0.2, 0.25) is 0 Å². The van der Waals surface area contributed by atoms with Crippen molar-refractivity contribution in [2.75, 3.05) is 11.9 Å². The van der Waals surface area contributed by atoms with E-state index in [0.29, 0.717) is 42.2 Å². The van der Waals surface area contributed by atoms with Crippen molar-refractivity contribution >= 4 is 40.9 Å². The number of nitrogens with zero attached hydrogens (tertiary/aromatic N) is 2. The van der Waals surface area contributed by atoms with Gasteiger partial charge in [0.15, 0.2) is 11.5 Å². The van der Waals surface area contributed by atoms with Crippen molar-refractivity contribution in [1.82, 2.24) is 14.9 Å². The molecular formula is C27H33FN4O6S. The summed E-state index contributed by atoms with van der Waals surface area (Å²) in [7, 11) is 0. The van der Waals surface area contributed by atoms with Gasteiger partial charge in [0.1, 0.15) is 17.6 Å². The third kappa shape index (κ3) is 6.15. The molecule has 210 valence electrons. The van der Waals surface area contributed by atoms with Gasteiger partial charge in [0.25, 0.3) is 5.91 Å². The number of fused-ring (bicyclic) bond motifs is 1. The maximum atomic E-state index is 13.6. The lowest BCUT2D eigenvalue weighted by Crippen LogP contribution is -2.30. The van der Waals surface area contributed by atoms with Crippen molar-refractivity contribution in [3.8, 4) is 0 Å². The van der Waals surface area contributed by atoms with E-state index in [1.165, 1.54) is 17.7 Å². The second-order valence-corrected chi connectivity index (χ2v) is 12.8. The summed E-state index contributed by atoms with van der Waals surface area (Å²) in [6, 6.07) is -0.296. The number of ether oxygens (including phenoxy) is 1. The van der Waals surface area contributed by atoms with Crippen molar-refractivity contribution in [2.24, 2.45) is 11.8 Å². The fraction of sp³-hybridized carbons (Fsp3) is 0.593. The fourth-order valence-corrected chi connectivity index (χ4v) is 6.36. The largest absolute Gasteiger partial charge is 0.476 e. The van der Waals surface area contributed by atoms with Crippen LogP contribution in [0.4, 0.5) is 15.0 Å². The summed E-state index contributed by atoms with van der Waals surface area (Å²) in [6.07, 6.45) is 3.51. The molecule has 0 aliphatic heterocycles. The standard InChI is InChI=1S/C27H33FN4O6S/c1-27(2,3)38-26(37)31-23-22(25(35)36)30-12-32(23)14-6-7-19-16(8-14)21(24(34)29-11-13-4-5-13)20(39-19)10-18(33)15-9-17(15)28/h12-15,17H,4-11H2,1-3H3,(H,29,34)(H,31,37)(H,35,36)/t14-,15+,17-/m0/s1. The number of carbonyl (C=O) groups is 4. The predicted molar refractivity (Wildman–Crippen MR) is 141 cm³/mol. The smallest absolute Gasteiger partial charge is 0.413 e. The number of alkyl halides is 1. The lowest BCUT2D eigenvalue weighted by Gasteiger charge is -2.26. The zero-order valence-electron chi connectivity index (χ0n) is 22.2. The van der Waals surface area contributed by atoms with E-state index in [-0.39, 0.29) is 42.1 Å². The van der Waals surface area contributed by atoms with Gasteiger partial charge in [-0.05, 0) is 70.8 Å². The number of rotatable bonds is 9. The molecule has 0 saturated heterocycles. The van der Waals surface area contributed by atoms with E-state index in [1.54, 1.807) is 25.3 Å². The first kappa shape index (κ1) is 27.3. The number of Topliss-reactive ketones (excluding diaryl/α,β-unsaturated/α-hetero) is 1. The molecule has 5 rings (SSSR count). The van der Waals surface area contributed by atoms with E-state index in [9.17, 15) is 28.7 Å². The second kappa shape index (κ2) is 10.4. The Morgan fingerprint density at radius 3 is 2.56 bits per heavy atom. The number of amides is 2. The number of anilines is 1. The number of aryl methyl sites for hydroxylation is 1. The number of thiophene rings is 1. The first-order valence-electron chi connectivity index (χ1n) is 13.3. The number of nitrogens with one attached hydrogen (secondary N) is 2. The first-order chi connectivity index (χ1) is 18.4. The highest BCUT2D eigenvalue weighted by Crippen LogP contribution is 2.42. The Morgan fingerprint density at radius 1 is 1.23 bits per heavy atom. The van der Waals surface area contributed by atoms with Gasteiger partial charge in [-0.3, -0.25) is 14.9 Å². The molecule has 39 heavy (non-hydrogen) atoms. The van der Waals surface area contributed by atoms with Crippen LogP contribution in [-0.2, 0) is 28.8 Å². The van der Waals surface area contributed by atoms with Crippen LogP contribution in [-0.4, -0.2) is 56.7 Å². The quantitative estimate of drug-likeness (QED) is 0.415. The molecule has 12 heteroatoms. The normalized spacial score (nSPS) is 22.1. The molecule has 2 amide bonds. The highest BCUT2D eigenvalue weighted by Gasteiger charge is 2.44. The van der Waals surface area contributed by atoms with E-state index in [0.717, 1.165) is 23.3 Å². The Morgan fingerprint density at radius 2 is 1.95 bits per heavy atom. The van der Waals surface area contributed by atoms with E-state index < -0.39 is 29.8 Å². The SMILES string of the molecule is CC(C)(C)OC(=O)Nc1c(C(=O)O)ncn1[C@H]1CCc2sc(CC(=O)[C@@H]3C[C@@H]3F)c(C(=O)NCC3CC3)c2C1. The number of carboxylic acids is 1. The van der Waals surface area contributed by atoms with Crippen molar-refractivity contribution in [1.29, 1.82) is 0 Å². The van der Waals surface area contributed by atoms with Crippen LogP contribution in [0, 0.1) is 11.8 Å². The van der Waals surface area contributed by atoms with Crippen molar-refractivity contribution in [2.45, 2.75) is 83.5 Å².